The maximum absolute atomic E-state index is 12.2. The van der Waals surface area contributed by atoms with Gasteiger partial charge in [0.2, 0.25) is 0 Å². The molecule has 0 heterocycles. The van der Waals surface area contributed by atoms with E-state index < -0.39 is 0 Å². The van der Waals surface area contributed by atoms with Gasteiger partial charge in [0.15, 0.2) is 5.78 Å². The summed E-state index contributed by atoms with van der Waals surface area (Å²) < 4.78 is 0. The standard InChI is InChI=1S/C15H23NO3/c1-9(2)15(19)14(16-10(3)4)7-11-5-12(17)8-13(18)6-11/h5-6,8-10,14,16-18H,7H2,1-4H3. The highest BCUT2D eigenvalue weighted by Crippen LogP contribution is 2.22. The first-order valence-corrected chi connectivity index (χ1v) is 6.61. The largest absolute Gasteiger partial charge is 0.508 e. The zero-order valence-corrected chi connectivity index (χ0v) is 12.0. The van der Waals surface area contributed by atoms with Crippen LogP contribution < -0.4 is 5.32 Å². The van der Waals surface area contributed by atoms with Crippen LogP contribution in [-0.2, 0) is 11.2 Å². The molecular formula is C15H23NO3. The minimum absolute atomic E-state index is 0.00953. The van der Waals surface area contributed by atoms with Gasteiger partial charge in [0.05, 0.1) is 6.04 Å². The van der Waals surface area contributed by atoms with Gasteiger partial charge in [-0.15, -0.1) is 0 Å². The number of phenolic OH excluding ortho intramolecular Hbond substituents is 2. The molecule has 0 aliphatic carbocycles. The van der Waals surface area contributed by atoms with E-state index in [1.165, 1.54) is 6.07 Å². The van der Waals surface area contributed by atoms with Crippen LogP contribution in [0.5, 0.6) is 11.5 Å². The molecule has 0 saturated carbocycles. The third-order valence-corrected chi connectivity index (χ3v) is 2.85. The predicted octanol–water partition coefficient (Wildman–Crippen LogP) is 2.23. The first-order chi connectivity index (χ1) is 8.79. The van der Waals surface area contributed by atoms with E-state index in [0.29, 0.717) is 6.42 Å². The van der Waals surface area contributed by atoms with Gasteiger partial charge in [-0.25, -0.2) is 0 Å². The van der Waals surface area contributed by atoms with Crippen molar-refractivity contribution in [3.05, 3.63) is 23.8 Å². The van der Waals surface area contributed by atoms with Gasteiger partial charge in [-0.1, -0.05) is 27.7 Å². The summed E-state index contributed by atoms with van der Waals surface area (Å²) >= 11 is 0. The first kappa shape index (κ1) is 15.5. The summed E-state index contributed by atoms with van der Waals surface area (Å²) in [5, 5.41) is 22.2. The molecule has 1 rings (SSSR count). The summed E-state index contributed by atoms with van der Waals surface area (Å²) in [7, 11) is 0. The van der Waals surface area contributed by atoms with Crippen LogP contribution in [0, 0.1) is 5.92 Å². The maximum atomic E-state index is 12.2. The van der Waals surface area contributed by atoms with E-state index in [1.54, 1.807) is 12.1 Å². The van der Waals surface area contributed by atoms with Gasteiger partial charge in [-0.2, -0.15) is 0 Å². The lowest BCUT2D eigenvalue weighted by Crippen LogP contribution is -2.44. The molecule has 1 unspecified atom stereocenters. The van der Waals surface area contributed by atoms with Crippen molar-refractivity contribution < 1.29 is 15.0 Å². The molecule has 106 valence electrons. The number of nitrogens with one attached hydrogen (secondary N) is 1. The molecule has 0 saturated heterocycles. The molecule has 0 radical (unpaired) electrons. The van der Waals surface area contributed by atoms with Gasteiger partial charge < -0.3 is 15.5 Å². The van der Waals surface area contributed by atoms with Crippen LogP contribution in [0.2, 0.25) is 0 Å². The molecule has 0 aliphatic heterocycles. The fourth-order valence-corrected chi connectivity index (χ4v) is 2.06. The van der Waals surface area contributed by atoms with E-state index in [4.69, 9.17) is 0 Å². The molecule has 0 fully saturated rings. The van der Waals surface area contributed by atoms with Crippen molar-refractivity contribution in [2.24, 2.45) is 5.92 Å². The number of ketones is 1. The fourth-order valence-electron chi connectivity index (χ4n) is 2.06. The Kier molecular flexibility index (Phi) is 5.36. The van der Waals surface area contributed by atoms with Crippen molar-refractivity contribution in [2.75, 3.05) is 0 Å². The van der Waals surface area contributed by atoms with Crippen LogP contribution >= 0.6 is 0 Å². The van der Waals surface area contributed by atoms with Crippen molar-refractivity contribution in [1.82, 2.24) is 5.32 Å². The summed E-state index contributed by atoms with van der Waals surface area (Å²) in [6.07, 6.45) is 0.456. The lowest BCUT2D eigenvalue weighted by Gasteiger charge is -2.22. The summed E-state index contributed by atoms with van der Waals surface area (Å²) in [5.74, 6) is 0.101. The molecule has 0 amide bonds. The van der Waals surface area contributed by atoms with Gasteiger partial charge in [0, 0.05) is 18.0 Å². The Morgan fingerprint density at radius 3 is 2.05 bits per heavy atom. The zero-order valence-electron chi connectivity index (χ0n) is 12.0. The Hall–Kier alpha value is -1.55. The van der Waals surface area contributed by atoms with Crippen LogP contribution in [0.4, 0.5) is 0 Å². The smallest absolute Gasteiger partial charge is 0.152 e. The topological polar surface area (TPSA) is 69.6 Å². The molecule has 0 bridgehead atoms. The van der Waals surface area contributed by atoms with E-state index in [1.807, 2.05) is 27.7 Å². The highest BCUT2D eigenvalue weighted by atomic mass is 16.3. The van der Waals surface area contributed by atoms with Crippen molar-refractivity contribution >= 4 is 5.78 Å². The molecule has 0 spiro atoms. The average Bonchev–Trinajstić information content (AvgIpc) is 2.24. The van der Waals surface area contributed by atoms with Crippen LogP contribution in [0.1, 0.15) is 33.3 Å². The second kappa shape index (κ2) is 6.57. The highest BCUT2D eigenvalue weighted by molar-refractivity contribution is 5.86. The monoisotopic (exact) mass is 265 g/mol. The molecule has 1 aromatic rings. The van der Waals surface area contributed by atoms with Crippen molar-refractivity contribution in [2.45, 2.75) is 46.2 Å². The van der Waals surface area contributed by atoms with Gasteiger partial charge in [-0.3, -0.25) is 4.79 Å². The van der Waals surface area contributed by atoms with Gasteiger partial charge in [-0.05, 0) is 24.1 Å². The molecule has 1 aromatic carbocycles. The van der Waals surface area contributed by atoms with Crippen molar-refractivity contribution in [1.29, 1.82) is 0 Å². The lowest BCUT2D eigenvalue weighted by molar-refractivity contribution is -0.124. The molecule has 4 heteroatoms. The molecule has 19 heavy (non-hydrogen) atoms. The fraction of sp³-hybridized carbons (Fsp3) is 0.533. The average molecular weight is 265 g/mol. The van der Waals surface area contributed by atoms with Crippen LogP contribution in [0.3, 0.4) is 0 Å². The number of hydrogen-bond acceptors (Lipinski definition) is 4. The molecule has 4 nitrogen and oxygen atoms in total. The first-order valence-electron chi connectivity index (χ1n) is 6.61. The molecule has 0 aromatic heterocycles. The van der Waals surface area contributed by atoms with Crippen molar-refractivity contribution in [3.8, 4) is 11.5 Å². The second-order valence-electron chi connectivity index (χ2n) is 5.49. The van der Waals surface area contributed by atoms with E-state index in [9.17, 15) is 15.0 Å². The third-order valence-electron chi connectivity index (χ3n) is 2.85. The Morgan fingerprint density at radius 2 is 1.63 bits per heavy atom. The lowest BCUT2D eigenvalue weighted by atomic mass is 9.95. The Morgan fingerprint density at radius 1 is 1.11 bits per heavy atom. The quantitative estimate of drug-likeness (QED) is 0.737. The van der Waals surface area contributed by atoms with Crippen molar-refractivity contribution in [3.63, 3.8) is 0 Å². The molecular weight excluding hydrogens is 242 g/mol. The molecule has 3 N–H and O–H groups in total. The number of benzene rings is 1. The van der Waals surface area contributed by atoms with E-state index in [0.717, 1.165) is 5.56 Å². The van der Waals surface area contributed by atoms with Crippen LogP contribution in [0.15, 0.2) is 18.2 Å². The van der Waals surface area contributed by atoms with Crippen LogP contribution in [0.25, 0.3) is 0 Å². The summed E-state index contributed by atoms with van der Waals surface area (Å²) in [5.41, 5.74) is 0.740. The maximum Gasteiger partial charge on any atom is 0.152 e. The van der Waals surface area contributed by atoms with E-state index in [2.05, 4.69) is 5.32 Å². The Labute approximate surface area is 114 Å². The minimum atomic E-state index is -0.304. The number of carbonyl (C=O) groups is 1. The Balaban J connectivity index is 2.90. The zero-order chi connectivity index (χ0) is 14.6. The van der Waals surface area contributed by atoms with Crippen LogP contribution in [-0.4, -0.2) is 28.1 Å². The normalized spacial score (nSPS) is 12.9. The number of hydrogen-bond donors (Lipinski definition) is 3. The summed E-state index contributed by atoms with van der Waals surface area (Å²) in [4.78, 5) is 12.2. The molecule has 0 aliphatic rings. The van der Waals surface area contributed by atoms with Gasteiger partial charge >= 0.3 is 0 Å². The number of carbonyl (C=O) groups excluding carboxylic acids is 1. The number of Topliss-reactive ketones (excluding diaryl/α,β-unsaturated/α-hetero) is 1. The summed E-state index contributed by atoms with van der Waals surface area (Å²) in [6, 6.07) is 4.31. The number of rotatable bonds is 6. The number of phenols is 2. The third kappa shape index (κ3) is 4.91. The minimum Gasteiger partial charge on any atom is -0.508 e. The van der Waals surface area contributed by atoms with E-state index in [-0.39, 0.29) is 35.3 Å². The van der Waals surface area contributed by atoms with E-state index >= 15 is 0 Å². The van der Waals surface area contributed by atoms with Gasteiger partial charge in [0.25, 0.3) is 0 Å². The summed E-state index contributed by atoms with van der Waals surface area (Å²) in [6.45, 7) is 7.72. The SMILES string of the molecule is CC(C)NC(Cc1cc(O)cc(O)c1)C(=O)C(C)C. The predicted molar refractivity (Wildman–Crippen MR) is 75.4 cm³/mol. The second-order valence-corrected chi connectivity index (χ2v) is 5.49. The molecule has 1 atom stereocenters. The number of aromatic hydroxyl groups is 2. The van der Waals surface area contributed by atoms with Gasteiger partial charge in [0.1, 0.15) is 11.5 Å². The Bertz CT molecular complexity index is 421. The highest BCUT2D eigenvalue weighted by Gasteiger charge is 2.22.